The molecule has 0 N–H and O–H groups in total. The van der Waals surface area contributed by atoms with Gasteiger partial charge in [0, 0.05) is 6.42 Å². The third-order valence-corrected chi connectivity index (χ3v) is 3.07. The van der Waals surface area contributed by atoms with Crippen molar-refractivity contribution in [2.24, 2.45) is 0 Å². The zero-order valence-corrected chi connectivity index (χ0v) is 12.4. The molecule has 2 aromatic rings. The Bertz CT molecular complexity index is 634. The Morgan fingerprint density at radius 2 is 1.67 bits per heavy atom. The standard InChI is InChI=1S/C17H18O4/c1-4-17(18)21-14-7-5-6-12(10-14)13-8-9-15(19-2)16(11-13)20-3/h5-11H,4H2,1-3H3. The molecule has 0 bridgehead atoms. The molecule has 0 amide bonds. The van der Waals surface area contributed by atoms with E-state index < -0.39 is 0 Å². The summed E-state index contributed by atoms with van der Waals surface area (Å²) in [6, 6.07) is 13.1. The largest absolute Gasteiger partial charge is 0.493 e. The summed E-state index contributed by atoms with van der Waals surface area (Å²) in [4.78, 5) is 11.4. The second-order valence-electron chi connectivity index (χ2n) is 4.43. The maximum Gasteiger partial charge on any atom is 0.310 e. The molecule has 0 saturated carbocycles. The highest BCUT2D eigenvalue weighted by molar-refractivity contribution is 5.74. The summed E-state index contributed by atoms with van der Waals surface area (Å²) in [6.07, 6.45) is 0.348. The average molecular weight is 286 g/mol. The Balaban J connectivity index is 2.33. The van der Waals surface area contributed by atoms with Crippen LogP contribution in [0.1, 0.15) is 13.3 Å². The molecule has 0 heterocycles. The molecule has 2 aromatic carbocycles. The lowest BCUT2D eigenvalue weighted by Gasteiger charge is -2.10. The third-order valence-electron chi connectivity index (χ3n) is 3.07. The summed E-state index contributed by atoms with van der Waals surface area (Å²) < 4.78 is 15.8. The number of esters is 1. The predicted octanol–water partition coefficient (Wildman–Crippen LogP) is 3.69. The highest BCUT2D eigenvalue weighted by Gasteiger charge is 2.08. The fourth-order valence-electron chi connectivity index (χ4n) is 1.96. The van der Waals surface area contributed by atoms with Crippen LogP contribution < -0.4 is 14.2 Å². The van der Waals surface area contributed by atoms with Gasteiger partial charge in [-0.25, -0.2) is 0 Å². The summed E-state index contributed by atoms with van der Waals surface area (Å²) in [5.74, 6) is 1.62. The highest BCUT2D eigenvalue weighted by Crippen LogP contribution is 2.33. The number of methoxy groups -OCH3 is 2. The van der Waals surface area contributed by atoms with Crippen LogP contribution in [0.4, 0.5) is 0 Å². The van der Waals surface area contributed by atoms with Crippen molar-refractivity contribution in [1.29, 1.82) is 0 Å². The van der Waals surface area contributed by atoms with E-state index in [1.807, 2.05) is 36.4 Å². The first-order valence-corrected chi connectivity index (χ1v) is 6.71. The van der Waals surface area contributed by atoms with Crippen molar-refractivity contribution >= 4 is 5.97 Å². The Hall–Kier alpha value is -2.49. The van der Waals surface area contributed by atoms with Gasteiger partial charge < -0.3 is 14.2 Å². The zero-order chi connectivity index (χ0) is 15.2. The quantitative estimate of drug-likeness (QED) is 0.621. The molecule has 0 radical (unpaired) electrons. The first-order chi connectivity index (χ1) is 10.2. The van der Waals surface area contributed by atoms with Crippen LogP contribution in [-0.2, 0) is 4.79 Å². The van der Waals surface area contributed by atoms with Crippen LogP contribution in [0.2, 0.25) is 0 Å². The van der Waals surface area contributed by atoms with Gasteiger partial charge in [0.2, 0.25) is 0 Å². The van der Waals surface area contributed by atoms with Gasteiger partial charge in [0.05, 0.1) is 14.2 Å². The topological polar surface area (TPSA) is 44.8 Å². The number of carbonyl (C=O) groups excluding carboxylic acids is 1. The van der Waals surface area contributed by atoms with E-state index in [0.29, 0.717) is 23.7 Å². The Morgan fingerprint density at radius 3 is 2.33 bits per heavy atom. The van der Waals surface area contributed by atoms with Gasteiger partial charge in [-0.15, -0.1) is 0 Å². The summed E-state index contributed by atoms with van der Waals surface area (Å²) >= 11 is 0. The zero-order valence-electron chi connectivity index (χ0n) is 12.4. The molecule has 0 aliphatic heterocycles. The third kappa shape index (κ3) is 3.54. The van der Waals surface area contributed by atoms with E-state index in [9.17, 15) is 4.79 Å². The minimum atomic E-state index is -0.250. The number of hydrogen-bond donors (Lipinski definition) is 0. The van der Waals surface area contributed by atoms with Crippen molar-refractivity contribution in [3.63, 3.8) is 0 Å². The minimum absolute atomic E-state index is 0.250. The van der Waals surface area contributed by atoms with Crippen LogP contribution in [0.25, 0.3) is 11.1 Å². The molecule has 0 aromatic heterocycles. The number of benzene rings is 2. The molecular formula is C17H18O4. The fourth-order valence-corrected chi connectivity index (χ4v) is 1.96. The van der Waals surface area contributed by atoms with Crippen LogP contribution in [0, 0.1) is 0 Å². The van der Waals surface area contributed by atoms with E-state index >= 15 is 0 Å². The van der Waals surface area contributed by atoms with Gasteiger partial charge >= 0.3 is 5.97 Å². The van der Waals surface area contributed by atoms with Gasteiger partial charge in [-0.05, 0) is 35.4 Å². The van der Waals surface area contributed by atoms with Gasteiger partial charge in [0.15, 0.2) is 11.5 Å². The van der Waals surface area contributed by atoms with Gasteiger partial charge in [-0.3, -0.25) is 4.79 Å². The van der Waals surface area contributed by atoms with Crippen LogP contribution in [-0.4, -0.2) is 20.2 Å². The van der Waals surface area contributed by atoms with E-state index in [-0.39, 0.29) is 5.97 Å². The van der Waals surface area contributed by atoms with Crippen LogP contribution >= 0.6 is 0 Å². The molecule has 4 nitrogen and oxygen atoms in total. The van der Waals surface area contributed by atoms with Crippen molar-refractivity contribution in [2.45, 2.75) is 13.3 Å². The lowest BCUT2D eigenvalue weighted by atomic mass is 10.0. The van der Waals surface area contributed by atoms with Gasteiger partial charge in [-0.1, -0.05) is 25.1 Å². The normalized spacial score (nSPS) is 10.0. The van der Waals surface area contributed by atoms with Crippen molar-refractivity contribution in [3.8, 4) is 28.4 Å². The smallest absolute Gasteiger partial charge is 0.310 e. The van der Waals surface area contributed by atoms with E-state index in [1.165, 1.54) is 0 Å². The Morgan fingerprint density at radius 1 is 0.952 bits per heavy atom. The summed E-state index contributed by atoms with van der Waals surface area (Å²) in [6.45, 7) is 1.76. The number of carbonyl (C=O) groups is 1. The lowest BCUT2D eigenvalue weighted by molar-refractivity contribution is -0.134. The molecule has 4 heteroatoms. The first-order valence-electron chi connectivity index (χ1n) is 6.71. The van der Waals surface area contributed by atoms with Crippen LogP contribution in [0.15, 0.2) is 42.5 Å². The summed E-state index contributed by atoms with van der Waals surface area (Å²) in [7, 11) is 3.20. The molecular weight excluding hydrogens is 268 g/mol. The second kappa shape index (κ2) is 6.79. The molecule has 0 aliphatic rings. The molecule has 21 heavy (non-hydrogen) atoms. The van der Waals surface area contributed by atoms with Gasteiger partial charge in [-0.2, -0.15) is 0 Å². The van der Waals surface area contributed by atoms with Crippen molar-refractivity contribution < 1.29 is 19.0 Å². The van der Waals surface area contributed by atoms with E-state index in [4.69, 9.17) is 14.2 Å². The van der Waals surface area contributed by atoms with Crippen molar-refractivity contribution in [2.75, 3.05) is 14.2 Å². The monoisotopic (exact) mass is 286 g/mol. The molecule has 0 aliphatic carbocycles. The molecule has 2 rings (SSSR count). The van der Waals surface area contributed by atoms with Crippen LogP contribution in [0.3, 0.4) is 0 Å². The molecule has 110 valence electrons. The van der Waals surface area contributed by atoms with E-state index in [0.717, 1.165) is 11.1 Å². The van der Waals surface area contributed by atoms with Gasteiger partial charge in [0.25, 0.3) is 0 Å². The van der Waals surface area contributed by atoms with E-state index in [2.05, 4.69) is 0 Å². The Kier molecular flexibility index (Phi) is 4.82. The maximum atomic E-state index is 11.4. The molecule has 0 unspecified atom stereocenters. The predicted molar refractivity (Wildman–Crippen MR) is 80.9 cm³/mol. The number of hydrogen-bond acceptors (Lipinski definition) is 4. The van der Waals surface area contributed by atoms with Crippen LogP contribution in [0.5, 0.6) is 17.2 Å². The number of rotatable bonds is 5. The van der Waals surface area contributed by atoms with Gasteiger partial charge in [0.1, 0.15) is 5.75 Å². The average Bonchev–Trinajstić information content (AvgIpc) is 2.54. The number of ether oxygens (including phenoxy) is 3. The Labute approximate surface area is 124 Å². The minimum Gasteiger partial charge on any atom is -0.493 e. The second-order valence-corrected chi connectivity index (χ2v) is 4.43. The molecule has 0 atom stereocenters. The maximum absolute atomic E-state index is 11.4. The molecule has 0 spiro atoms. The van der Waals surface area contributed by atoms with Crippen molar-refractivity contribution in [3.05, 3.63) is 42.5 Å². The lowest BCUT2D eigenvalue weighted by Crippen LogP contribution is -2.05. The van der Waals surface area contributed by atoms with Crippen molar-refractivity contribution in [1.82, 2.24) is 0 Å². The molecule has 0 saturated heterocycles. The molecule has 0 fully saturated rings. The summed E-state index contributed by atoms with van der Waals surface area (Å²) in [5, 5.41) is 0. The summed E-state index contributed by atoms with van der Waals surface area (Å²) in [5.41, 5.74) is 1.90. The fraction of sp³-hybridized carbons (Fsp3) is 0.235. The SMILES string of the molecule is CCC(=O)Oc1cccc(-c2ccc(OC)c(OC)c2)c1. The highest BCUT2D eigenvalue weighted by atomic mass is 16.5. The first kappa shape index (κ1) is 14.9. The van der Waals surface area contributed by atoms with E-state index in [1.54, 1.807) is 27.2 Å².